The van der Waals surface area contributed by atoms with E-state index < -0.39 is 15.4 Å². The third kappa shape index (κ3) is 1.53. The highest BCUT2D eigenvalue weighted by atomic mass is 32.2. The van der Waals surface area contributed by atoms with Crippen LogP contribution in [0.4, 0.5) is 0 Å². The molecule has 0 aromatic carbocycles. The number of nitriles is 1. The van der Waals surface area contributed by atoms with Gasteiger partial charge < -0.3 is 0 Å². The van der Waals surface area contributed by atoms with Crippen molar-refractivity contribution < 1.29 is 8.42 Å². The van der Waals surface area contributed by atoms with Gasteiger partial charge in [0.05, 0.1) is 17.6 Å². The third-order valence-electron chi connectivity index (χ3n) is 3.20. The summed E-state index contributed by atoms with van der Waals surface area (Å²) in [7, 11) is -2.97. The molecule has 0 amide bonds. The zero-order valence-corrected chi connectivity index (χ0v) is 8.89. The van der Waals surface area contributed by atoms with Crippen molar-refractivity contribution in [3.05, 3.63) is 0 Å². The third-order valence-corrected chi connectivity index (χ3v) is 4.95. The van der Waals surface area contributed by atoms with Gasteiger partial charge in [-0.15, -0.1) is 0 Å². The summed E-state index contributed by atoms with van der Waals surface area (Å²) < 4.78 is 22.8. The summed E-state index contributed by atoms with van der Waals surface area (Å²) >= 11 is 0. The van der Waals surface area contributed by atoms with Crippen LogP contribution in [0.25, 0.3) is 0 Å². The molecule has 0 spiro atoms. The summed E-state index contributed by atoms with van der Waals surface area (Å²) in [6.45, 7) is 1.76. The fourth-order valence-corrected chi connectivity index (χ4v) is 4.30. The Balaban J connectivity index is 2.24. The summed E-state index contributed by atoms with van der Waals surface area (Å²) in [6, 6.07) is 2.22. The molecular weight excluding hydrogens is 200 g/mol. The predicted molar refractivity (Wildman–Crippen MR) is 52.4 cm³/mol. The van der Waals surface area contributed by atoms with Gasteiger partial charge in [-0.25, -0.2) is 8.42 Å². The molecule has 2 aliphatic rings. The molecule has 2 saturated heterocycles. The van der Waals surface area contributed by atoms with E-state index in [2.05, 4.69) is 11.0 Å². The minimum atomic E-state index is -2.97. The maximum absolute atomic E-state index is 11.4. The van der Waals surface area contributed by atoms with Crippen molar-refractivity contribution in [2.24, 2.45) is 0 Å². The molecule has 0 bridgehead atoms. The smallest absolute Gasteiger partial charge is 0.153 e. The van der Waals surface area contributed by atoms with Crippen LogP contribution in [0.1, 0.15) is 19.3 Å². The lowest BCUT2D eigenvalue weighted by Crippen LogP contribution is -2.47. The van der Waals surface area contributed by atoms with Crippen molar-refractivity contribution in [2.75, 3.05) is 24.6 Å². The van der Waals surface area contributed by atoms with E-state index in [1.165, 1.54) is 0 Å². The van der Waals surface area contributed by atoms with Gasteiger partial charge in [-0.2, -0.15) is 5.26 Å². The highest BCUT2D eigenvalue weighted by molar-refractivity contribution is 7.91. The largest absolute Gasteiger partial charge is 0.285 e. The zero-order chi connectivity index (χ0) is 10.2. The molecule has 0 N–H and O–H groups in total. The fraction of sp³-hybridized carbons (Fsp3) is 0.889. The molecule has 0 aliphatic carbocycles. The average Bonchev–Trinajstić information content (AvgIpc) is 2.72. The Hall–Kier alpha value is -0.600. The lowest BCUT2D eigenvalue weighted by molar-refractivity contribution is 0.198. The Kier molecular flexibility index (Phi) is 2.28. The SMILES string of the molecule is N#CC1(N2CCCC2)CCS(=O)(=O)C1. The van der Waals surface area contributed by atoms with Gasteiger partial charge in [0, 0.05) is 0 Å². The van der Waals surface area contributed by atoms with Crippen LogP contribution >= 0.6 is 0 Å². The van der Waals surface area contributed by atoms with Gasteiger partial charge in [-0.05, 0) is 32.4 Å². The average molecular weight is 214 g/mol. The van der Waals surface area contributed by atoms with E-state index in [-0.39, 0.29) is 11.5 Å². The van der Waals surface area contributed by atoms with E-state index >= 15 is 0 Å². The number of sulfone groups is 1. The topological polar surface area (TPSA) is 61.2 Å². The van der Waals surface area contributed by atoms with Crippen LogP contribution in [0.3, 0.4) is 0 Å². The first-order valence-electron chi connectivity index (χ1n) is 4.95. The van der Waals surface area contributed by atoms with E-state index in [9.17, 15) is 8.42 Å². The molecule has 2 rings (SSSR count). The van der Waals surface area contributed by atoms with Crippen molar-refractivity contribution in [2.45, 2.75) is 24.8 Å². The van der Waals surface area contributed by atoms with Gasteiger partial charge >= 0.3 is 0 Å². The molecule has 1 unspecified atom stereocenters. The van der Waals surface area contributed by atoms with Gasteiger partial charge in [0.2, 0.25) is 0 Å². The van der Waals surface area contributed by atoms with Gasteiger partial charge in [-0.1, -0.05) is 0 Å². The van der Waals surface area contributed by atoms with Crippen molar-refractivity contribution in [1.82, 2.24) is 4.90 Å². The number of nitrogens with zero attached hydrogens (tertiary/aromatic N) is 2. The second-order valence-corrected chi connectivity index (χ2v) is 6.36. The molecule has 78 valence electrons. The molecule has 1 atom stereocenters. The van der Waals surface area contributed by atoms with Crippen molar-refractivity contribution in [1.29, 1.82) is 5.26 Å². The van der Waals surface area contributed by atoms with Gasteiger partial charge in [-0.3, -0.25) is 4.90 Å². The molecular formula is C9H14N2O2S. The van der Waals surface area contributed by atoms with Crippen LogP contribution in [0, 0.1) is 11.3 Å². The molecule has 5 heteroatoms. The maximum atomic E-state index is 11.4. The monoisotopic (exact) mass is 214 g/mol. The molecule has 0 aromatic heterocycles. The summed E-state index contributed by atoms with van der Waals surface area (Å²) in [5.41, 5.74) is -0.699. The highest BCUT2D eigenvalue weighted by Gasteiger charge is 2.47. The van der Waals surface area contributed by atoms with Crippen molar-refractivity contribution >= 4 is 9.84 Å². The van der Waals surface area contributed by atoms with E-state index in [4.69, 9.17) is 5.26 Å². The second kappa shape index (κ2) is 3.21. The first-order valence-corrected chi connectivity index (χ1v) is 6.77. The minimum absolute atomic E-state index is 0.0382. The Labute approximate surface area is 84.4 Å². The molecule has 4 nitrogen and oxygen atoms in total. The first kappa shape index (κ1) is 9.94. The standard InChI is InChI=1S/C9H14N2O2S/c10-7-9(11-4-1-2-5-11)3-6-14(12,13)8-9/h1-6,8H2. The van der Waals surface area contributed by atoms with Crippen LogP contribution in [0.5, 0.6) is 0 Å². The molecule has 2 heterocycles. The van der Waals surface area contributed by atoms with E-state index in [1.807, 2.05) is 0 Å². The molecule has 2 fully saturated rings. The van der Waals surface area contributed by atoms with Crippen molar-refractivity contribution in [3.8, 4) is 6.07 Å². The van der Waals surface area contributed by atoms with Gasteiger partial charge in [0.25, 0.3) is 0 Å². The molecule has 0 radical (unpaired) electrons. The normalized spacial score (nSPS) is 37.1. The summed E-state index contributed by atoms with van der Waals surface area (Å²) in [6.07, 6.45) is 2.67. The zero-order valence-electron chi connectivity index (χ0n) is 8.07. The molecule has 0 saturated carbocycles. The lowest BCUT2D eigenvalue weighted by atomic mass is 9.99. The number of rotatable bonds is 1. The molecule has 0 aromatic rings. The van der Waals surface area contributed by atoms with Crippen LogP contribution in [0.2, 0.25) is 0 Å². The Morgan fingerprint density at radius 2 is 1.93 bits per heavy atom. The van der Waals surface area contributed by atoms with Crippen molar-refractivity contribution in [3.63, 3.8) is 0 Å². The highest BCUT2D eigenvalue weighted by Crippen LogP contribution is 2.31. The number of likely N-dealkylation sites (tertiary alicyclic amines) is 1. The predicted octanol–water partition coefficient (Wildman–Crippen LogP) is 0.163. The lowest BCUT2D eigenvalue weighted by Gasteiger charge is -2.30. The van der Waals surface area contributed by atoms with Crippen LogP contribution in [0.15, 0.2) is 0 Å². The fourth-order valence-electron chi connectivity index (χ4n) is 2.39. The minimum Gasteiger partial charge on any atom is -0.285 e. The number of hydrogen-bond acceptors (Lipinski definition) is 4. The summed E-state index contributed by atoms with van der Waals surface area (Å²) in [5, 5.41) is 9.15. The van der Waals surface area contributed by atoms with E-state index in [1.54, 1.807) is 0 Å². The first-order chi connectivity index (χ1) is 6.58. The quantitative estimate of drug-likeness (QED) is 0.624. The van der Waals surface area contributed by atoms with E-state index in [0.29, 0.717) is 6.42 Å². The second-order valence-electron chi connectivity index (χ2n) is 4.18. The Morgan fingerprint density at radius 1 is 1.29 bits per heavy atom. The number of hydrogen-bond donors (Lipinski definition) is 0. The van der Waals surface area contributed by atoms with Gasteiger partial charge in [0.15, 0.2) is 9.84 Å². The van der Waals surface area contributed by atoms with Crippen LogP contribution in [-0.2, 0) is 9.84 Å². The molecule has 14 heavy (non-hydrogen) atoms. The van der Waals surface area contributed by atoms with Crippen LogP contribution < -0.4 is 0 Å². The Bertz CT molecular complexity index is 365. The maximum Gasteiger partial charge on any atom is 0.153 e. The van der Waals surface area contributed by atoms with Crippen LogP contribution in [-0.4, -0.2) is 43.5 Å². The summed E-state index contributed by atoms with van der Waals surface area (Å²) in [4.78, 5) is 2.05. The summed E-state index contributed by atoms with van der Waals surface area (Å²) in [5.74, 6) is 0.216. The Morgan fingerprint density at radius 3 is 2.36 bits per heavy atom. The van der Waals surface area contributed by atoms with Gasteiger partial charge in [0.1, 0.15) is 5.54 Å². The van der Waals surface area contributed by atoms with E-state index in [0.717, 1.165) is 25.9 Å². The molecule has 2 aliphatic heterocycles.